The van der Waals surface area contributed by atoms with E-state index in [1.165, 1.54) is 18.1 Å². The largest absolute Gasteiger partial charge is 0.496 e. The maximum absolute atomic E-state index is 13.6. The number of nitrogens with zero attached hydrogens (tertiary/aromatic N) is 5. The zero-order chi connectivity index (χ0) is 21.9. The Morgan fingerprint density at radius 2 is 2.00 bits per heavy atom. The summed E-state index contributed by atoms with van der Waals surface area (Å²) in [7, 11) is 1.56. The van der Waals surface area contributed by atoms with Crippen LogP contribution >= 0.6 is 11.8 Å². The zero-order valence-corrected chi connectivity index (χ0v) is 18.2. The summed E-state index contributed by atoms with van der Waals surface area (Å²) in [4.78, 5) is 31.4. The van der Waals surface area contributed by atoms with Crippen molar-refractivity contribution in [3.63, 3.8) is 0 Å². The molecule has 0 bridgehead atoms. The molecule has 2 aromatic heterocycles. The lowest BCUT2D eigenvalue weighted by Gasteiger charge is -2.16. The van der Waals surface area contributed by atoms with Crippen LogP contribution in [0.15, 0.2) is 69.7 Å². The van der Waals surface area contributed by atoms with Crippen molar-refractivity contribution in [2.45, 2.75) is 23.9 Å². The van der Waals surface area contributed by atoms with Gasteiger partial charge >= 0.3 is 0 Å². The lowest BCUT2D eigenvalue weighted by Crippen LogP contribution is -2.26. The molecule has 0 fully saturated rings. The number of thioether (sulfide) groups is 1. The van der Waals surface area contributed by atoms with Crippen molar-refractivity contribution >= 4 is 34.8 Å². The Hall–Kier alpha value is -3.72. The van der Waals surface area contributed by atoms with E-state index in [0.29, 0.717) is 41.3 Å². The molecule has 1 aliphatic rings. The van der Waals surface area contributed by atoms with Gasteiger partial charge in [-0.25, -0.2) is 15.0 Å². The van der Waals surface area contributed by atoms with Crippen molar-refractivity contribution < 1.29 is 4.74 Å². The van der Waals surface area contributed by atoms with Crippen molar-refractivity contribution in [2.75, 3.05) is 12.4 Å². The van der Waals surface area contributed by atoms with Gasteiger partial charge in [-0.15, -0.1) is 0 Å². The maximum atomic E-state index is 13.6. The third-order valence-corrected chi connectivity index (χ3v) is 6.24. The fraction of sp³-hybridized carbons (Fsp3) is 0.174. The topological polar surface area (TPSA) is 94.3 Å². The van der Waals surface area contributed by atoms with Gasteiger partial charge in [0.25, 0.3) is 5.56 Å². The van der Waals surface area contributed by atoms with Crippen LogP contribution in [0.2, 0.25) is 0 Å². The number of nitrogens with one attached hydrogen (secondary N) is 1. The Labute approximate surface area is 188 Å². The second kappa shape index (κ2) is 8.80. The molecule has 0 atom stereocenters. The average Bonchev–Trinajstić information content (AvgIpc) is 2.85. The van der Waals surface area contributed by atoms with Crippen molar-refractivity contribution in [1.29, 1.82) is 0 Å². The Morgan fingerprint density at radius 3 is 2.84 bits per heavy atom. The van der Waals surface area contributed by atoms with Crippen LogP contribution in [0, 0.1) is 0 Å². The normalized spacial score (nSPS) is 12.4. The highest BCUT2D eigenvalue weighted by molar-refractivity contribution is 7.98. The van der Waals surface area contributed by atoms with Gasteiger partial charge in [-0.2, -0.15) is 0 Å². The summed E-state index contributed by atoms with van der Waals surface area (Å²) < 4.78 is 7.17. The standard InChI is InChI=1S/C23H20N6O2S/c1-31-18-9-5-8-17-20(18)23(30)29(11-15-6-3-2-4-7-15)19(28-17)12-32-22-16-10-24-13-25-21(16)26-14-27-22/h2-9,13-14H,10-12H2,1H3,(H,24,25,26,27). The lowest BCUT2D eigenvalue weighted by molar-refractivity contribution is 0.419. The van der Waals surface area contributed by atoms with Crippen LogP contribution in [0.3, 0.4) is 0 Å². The molecular weight excluding hydrogens is 424 g/mol. The molecule has 0 saturated heterocycles. The summed E-state index contributed by atoms with van der Waals surface area (Å²) in [5.74, 6) is 2.43. The van der Waals surface area contributed by atoms with E-state index in [2.05, 4.69) is 20.3 Å². The highest BCUT2D eigenvalue weighted by atomic mass is 32.2. The van der Waals surface area contributed by atoms with Crippen LogP contribution in [0.5, 0.6) is 5.75 Å². The second-order valence-electron chi connectivity index (χ2n) is 7.17. The highest BCUT2D eigenvalue weighted by Gasteiger charge is 2.18. The van der Waals surface area contributed by atoms with E-state index in [1.54, 1.807) is 24.1 Å². The minimum absolute atomic E-state index is 0.122. The van der Waals surface area contributed by atoms with Crippen LogP contribution in [-0.2, 0) is 18.8 Å². The van der Waals surface area contributed by atoms with Gasteiger partial charge < -0.3 is 10.1 Å². The van der Waals surface area contributed by atoms with Crippen molar-refractivity contribution in [3.8, 4) is 5.75 Å². The molecule has 0 amide bonds. The minimum Gasteiger partial charge on any atom is -0.496 e. The molecule has 0 spiro atoms. The van der Waals surface area contributed by atoms with E-state index >= 15 is 0 Å². The first-order valence-electron chi connectivity index (χ1n) is 10.1. The van der Waals surface area contributed by atoms with Gasteiger partial charge in [0.05, 0.1) is 37.8 Å². The molecular formula is C23H20N6O2S. The number of methoxy groups -OCH3 is 1. The summed E-state index contributed by atoms with van der Waals surface area (Å²) in [5, 5.41) is 4.36. The quantitative estimate of drug-likeness (QED) is 0.359. The van der Waals surface area contributed by atoms with Crippen LogP contribution in [0.25, 0.3) is 10.9 Å². The van der Waals surface area contributed by atoms with Crippen molar-refractivity contribution in [3.05, 3.63) is 82.2 Å². The molecule has 3 heterocycles. The third-order valence-electron chi connectivity index (χ3n) is 5.21. The average molecular weight is 445 g/mol. The number of hydrogen-bond donors (Lipinski definition) is 1. The third kappa shape index (κ3) is 3.82. The van der Waals surface area contributed by atoms with E-state index in [4.69, 9.17) is 9.72 Å². The van der Waals surface area contributed by atoms with E-state index in [-0.39, 0.29) is 5.56 Å². The van der Waals surface area contributed by atoms with Gasteiger partial charge in [0, 0.05) is 5.56 Å². The molecule has 32 heavy (non-hydrogen) atoms. The van der Waals surface area contributed by atoms with Gasteiger partial charge in [0.1, 0.15) is 34.1 Å². The predicted molar refractivity (Wildman–Crippen MR) is 126 cm³/mol. The second-order valence-corrected chi connectivity index (χ2v) is 8.13. The van der Waals surface area contributed by atoms with E-state index in [9.17, 15) is 4.79 Å². The lowest BCUT2D eigenvalue weighted by atomic mass is 10.2. The first-order chi connectivity index (χ1) is 15.7. The van der Waals surface area contributed by atoms with E-state index in [0.717, 1.165) is 22.0 Å². The van der Waals surface area contributed by atoms with Crippen LogP contribution < -0.4 is 15.6 Å². The molecule has 4 aromatic rings. The number of fused-ring (bicyclic) bond motifs is 2. The number of aromatic nitrogens is 4. The first-order valence-corrected chi connectivity index (χ1v) is 11.0. The van der Waals surface area contributed by atoms with Crippen LogP contribution in [0.4, 0.5) is 5.82 Å². The fourth-order valence-corrected chi connectivity index (χ4v) is 4.60. The van der Waals surface area contributed by atoms with Crippen molar-refractivity contribution in [1.82, 2.24) is 19.5 Å². The molecule has 160 valence electrons. The number of aliphatic imine (C=N–C) groups is 1. The summed E-state index contributed by atoms with van der Waals surface area (Å²) in [6.45, 7) is 0.939. The maximum Gasteiger partial charge on any atom is 0.265 e. The number of hydrogen-bond acceptors (Lipinski definition) is 8. The van der Waals surface area contributed by atoms with E-state index < -0.39 is 0 Å². The number of rotatable bonds is 6. The number of ether oxygens (including phenoxy) is 1. The Kier molecular flexibility index (Phi) is 5.55. The SMILES string of the molecule is COc1cccc2nc(CSc3ncnc4c3CN=CN4)n(Cc3ccccc3)c(=O)c12. The molecule has 8 nitrogen and oxygen atoms in total. The van der Waals surface area contributed by atoms with E-state index in [1.807, 2.05) is 42.5 Å². The molecule has 2 aromatic carbocycles. The fourth-order valence-electron chi connectivity index (χ4n) is 3.65. The van der Waals surface area contributed by atoms with Gasteiger partial charge in [-0.3, -0.25) is 14.4 Å². The minimum atomic E-state index is -0.122. The van der Waals surface area contributed by atoms with Gasteiger partial charge in [-0.1, -0.05) is 48.2 Å². The molecule has 0 saturated carbocycles. The smallest absolute Gasteiger partial charge is 0.265 e. The van der Waals surface area contributed by atoms with Crippen LogP contribution in [0.1, 0.15) is 17.0 Å². The number of benzene rings is 2. The van der Waals surface area contributed by atoms with Gasteiger partial charge in [0.2, 0.25) is 0 Å². The summed E-state index contributed by atoms with van der Waals surface area (Å²) in [6.07, 6.45) is 3.17. The Bertz CT molecular complexity index is 1370. The molecule has 0 aliphatic carbocycles. The molecule has 1 aliphatic heterocycles. The van der Waals surface area contributed by atoms with Gasteiger partial charge in [0.15, 0.2) is 0 Å². The molecule has 9 heteroatoms. The molecule has 0 radical (unpaired) electrons. The number of anilines is 1. The summed E-state index contributed by atoms with van der Waals surface area (Å²) in [6, 6.07) is 15.4. The zero-order valence-electron chi connectivity index (χ0n) is 17.4. The van der Waals surface area contributed by atoms with Crippen LogP contribution in [-0.4, -0.2) is 33.0 Å². The Morgan fingerprint density at radius 1 is 1.12 bits per heavy atom. The summed E-state index contributed by atoms with van der Waals surface area (Å²) in [5.41, 5.74) is 2.46. The van der Waals surface area contributed by atoms with Gasteiger partial charge in [-0.05, 0) is 17.7 Å². The Balaban J connectivity index is 1.57. The monoisotopic (exact) mass is 444 g/mol. The van der Waals surface area contributed by atoms with Crippen molar-refractivity contribution in [2.24, 2.45) is 4.99 Å². The highest BCUT2D eigenvalue weighted by Crippen LogP contribution is 2.30. The molecule has 1 N–H and O–H groups in total. The molecule has 0 unspecified atom stereocenters. The molecule has 5 rings (SSSR count). The summed E-state index contributed by atoms with van der Waals surface area (Å²) >= 11 is 1.52. The first kappa shape index (κ1) is 20.2. The predicted octanol–water partition coefficient (Wildman–Crippen LogP) is 3.49.